The molecule has 2 rings (SSSR count). The van der Waals surface area contributed by atoms with Crippen molar-refractivity contribution >= 4 is 0 Å². The second-order valence-electron chi connectivity index (χ2n) is 2.93. The minimum Gasteiger partial charge on any atom is -0.329 e. The number of hydrogen-bond donors (Lipinski definition) is 1. The Kier molecular flexibility index (Phi) is 2.10. The number of aryl methyl sites for hydroxylation is 1. The van der Waals surface area contributed by atoms with E-state index in [9.17, 15) is 4.79 Å². The summed E-state index contributed by atoms with van der Waals surface area (Å²) in [6, 6.07) is 5.10. The third kappa shape index (κ3) is 1.69. The summed E-state index contributed by atoms with van der Waals surface area (Å²) in [5.74, 6) is 0.697. The van der Waals surface area contributed by atoms with Crippen LogP contribution in [0.1, 0.15) is 5.82 Å². The lowest BCUT2D eigenvalue weighted by Gasteiger charge is -1.99. The molecule has 70 valence electrons. The molecule has 0 amide bonds. The molecule has 0 saturated heterocycles. The number of nitrogens with zero attached hydrogens (tertiary/aromatic N) is 2. The van der Waals surface area contributed by atoms with Crippen LogP contribution in [0.15, 0.2) is 35.4 Å². The molecule has 0 aromatic carbocycles. The summed E-state index contributed by atoms with van der Waals surface area (Å²) in [6.45, 7) is 1.82. The van der Waals surface area contributed by atoms with Crippen molar-refractivity contribution in [3.05, 3.63) is 46.8 Å². The fraction of sp³-hybridized carbons (Fsp3) is 0.100. The van der Waals surface area contributed by atoms with Gasteiger partial charge in [0.05, 0.1) is 5.69 Å². The fourth-order valence-electron chi connectivity index (χ4n) is 1.22. The Morgan fingerprint density at radius 2 is 2.21 bits per heavy atom. The molecule has 0 spiro atoms. The summed E-state index contributed by atoms with van der Waals surface area (Å²) < 4.78 is 0. The van der Waals surface area contributed by atoms with E-state index in [1.807, 2.05) is 13.0 Å². The molecule has 2 heterocycles. The standard InChI is InChI=1S/C10H9N3O/c1-7-11-5-3-9(13-7)8-2-4-12-10(14)6-8/h2-6H,1H3,(H,12,14). The first-order valence-electron chi connectivity index (χ1n) is 4.24. The molecule has 0 bridgehead atoms. The van der Waals surface area contributed by atoms with Crippen LogP contribution in [0.3, 0.4) is 0 Å². The smallest absolute Gasteiger partial charge is 0.248 e. The van der Waals surface area contributed by atoms with Crippen LogP contribution in [0.25, 0.3) is 11.3 Å². The SMILES string of the molecule is Cc1nccc(-c2cc[nH]c(=O)c2)n1. The van der Waals surface area contributed by atoms with E-state index in [1.54, 1.807) is 18.5 Å². The molecule has 2 aromatic rings. The van der Waals surface area contributed by atoms with Crippen LogP contribution in [-0.2, 0) is 0 Å². The average Bonchev–Trinajstić information content (AvgIpc) is 2.18. The van der Waals surface area contributed by atoms with E-state index >= 15 is 0 Å². The van der Waals surface area contributed by atoms with Crippen LogP contribution >= 0.6 is 0 Å². The van der Waals surface area contributed by atoms with Crippen molar-refractivity contribution in [1.82, 2.24) is 15.0 Å². The van der Waals surface area contributed by atoms with Gasteiger partial charge in [0, 0.05) is 24.0 Å². The zero-order valence-electron chi connectivity index (χ0n) is 7.69. The quantitative estimate of drug-likeness (QED) is 0.728. The van der Waals surface area contributed by atoms with Gasteiger partial charge in [0.15, 0.2) is 0 Å². The maximum atomic E-state index is 11.0. The highest BCUT2D eigenvalue weighted by molar-refractivity contribution is 5.57. The molecular formula is C10H9N3O. The highest BCUT2D eigenvalue weighted by atomic mass is 16.1. The van der Waals surface area contributed by atoms with Crippen LogP contribution in [0.4, 0.5) is 0 Å². The number of aromatic amines is 1. The van der Waals surface area contributed by atoms with Crippen LogP contribution in [0.5, 0.6) is 0 Å². The van der Waals surface area contributed by atoms with Crippen molar-refractivity contribution in [1.29, 1.82) is 0 Å². The summed E-state index contributed by atoms with van der Waals surface area (Å²) >= 11 is 0. The summed E-state index contributed by atoms with van der Waals surface area (Å²) in [4.78, 5) is 21.8. The van der Waals surface area contributed by atoms with E-state index in [4.69, 9.17) is 0 Å². The van der Waals surface area contributed by atoms with Crippen molar-refractivity contribution in [2.24, 2.45) is 0 Å². The van der Waals surface area contributed by atoms with Gasteiger partial charge in [-0.1, -0.05) is 0 Å². The van der Waals surface area contributed by atoms with Crippen molar-refractivity contribution in [3.63, 3.8) is 0 Å². The summed E-state index contributed by atoms with van der Waals surface area (Å²) in [5, 5.41) is 0. The Balaban J connectivity index is 2.55. The average molecular weight is 187 g/mol. The van der Waals surface area contributed by atoms with E-state index in [-0.39, 0.29) is 5.56 Å². The summed E-state index contributed by atoms with van der Waals surface area (Å²) in [5.41, 5.74) is 1.45. The van der Waals surface area contributed by atoms with Crippen LogP contribution < -0.4 is 5.56 Å². The van der Waals surface area contributed by atoms with Gasteiger partial charge in [0.2, 0.25) is 5.56 Å². The molecular weight excluding hydrogens is 178 g/mol. The molecule has 0 radical (unpaired) electrons. The number of H-pyrrole nitrogens is 1. The van der Waals surface area contributed by atoms with Gasteiger partial charge < -0.3 is 4.98 Å². The van der Waals surface area contributed by atoms with Crippen molar-refractivity contribution in [2.75, 3.05) is 0 Å². The zero-order chi connectivity index (χ0) is 9.97. The molecule has 1 N–H and O–H groups in total. The lowest BCUT2D eigenvalue weighted by molar-refractivity contribution is 1.06. The van der Waals surface area contributed by atoms with Crippen LogP contribution in [-0.4, -0.2) is 15.0 Å². The highest BCUT2D eigenvalue weighted by Crippen LogP contribution is 2.12. The van der Waals surface area contributed by atoms with E-state index in [2.05, 4.69) is 15.0 Å². The Labute approximate surface area is 80.7 Å². The molecule has 0 unspecified atom stereocenters. The summed E-state index contributed by atoms with van der Waals surface area (Å²) in [6.07, 6.45) is 3.29. The highest BCUT2D eigenvalue weighted by Gasteiger charge is 1.99. The molecule has 0 aliphatic heterocycles. The number of rotatable bonds is 1. The van der Waals surface area contributed by atoms with Gasteiger partial charge in [-0.05, 0) is 19.1 Å². The van der Waals surface area contributed by atoms with Crippen molar-refractivity contribution in [3.8, 4) is 11.3 Å². The molecule has 14 heavy (non-hydrogen) atoms. The lowest BCUT2D eigenvalue weighted by atomic mass is 10.2. The molecule has 4 heteroatoms. The van der Waals surface area contributed by atoms with Gasteiger partial charge in [-0.15, -0.1) is 0 Å². The minimum absolute atomic E-state index is 0.126. The largest absolute Gasteiger partial charge is 0.329 e. The minimum atomic E-state index is -0.126. The maximum Gasteiger partial charge on any atom is 0.248 e. The second-order valence-corrected chi connectivity index (χ2v) is 2.93. The molecule has 0 aliphatic rings. The van der Waals surface area contributed by atoms with Crippen LogP contribution in [0.2, 0.25) is 0 Å². The first-order valence-corrected chi connectivity index (χ1v) is 4.24. The Hall–Kier alpha value is -1.97. The van der Waals surface area contributed by atoms with Gasteiger partial charge in [0.1, 0.15) is 5.82 Å². The fourth-order valence-corrected chi connectivity index (χ4v) is 1.22. The number of hydrogen-bond acceptors (Lipinski definition) is 3. The van der Waals surface area contributed by atoms with E-state index < -0.39 is 0 Å². The Morgan fingerprint density at radius 1 is 1.36 bits per heavy atom. The summed E-state index contributed by atoms with van der Waals surface area (Å²) in [7, 11) is 0. The monoisotopic (exact) mass is 187 g/mol. The second kappa shape index (κ2) is 3.41. The zero-order valence-corrected chi connectivity index (χ0v) is 7.69. The molecule has 4 nitrogen and oxygen atoms in total. The van der Waals surface area contributed by atoms with Gasteiger partial charge in [-0.25, -0.2) is 9.97 Å². The predicted molar refractivity (Wildman–Crippen MR) is 52.8 cm³/mol. The van der Waals surface area contributed by atoms with E-state index in [0.717, 1.165) is 11.3 Å². The predicted octanol–water partition coefficient (Wildman–Crippen LogP) is 1.14. The van der Waals surface area contributed by atoms with Crippen LogP contribution in [0, 0.1) is 6.92 Å². The van der Waals surface area contributed by atoms with Gasteiger partial charge >= 0.3 is 0 Å². The first-order chi connectivity index (χ1) is 6.75. The third-order valence-electron chi connectivity index (χ3n) is 1.85. The van der Waals surface area contributed by atoms with Gasteiger partial charge in [-0.3, -0.25) is 4.79 Å². The number of nitrogens with one attached hydrogen (secondary N) is 1. The Morgan fingerprint density at radius 3 is 2.93 bits per heavy atom. The van der Waals surface area contributed by atoms with Gasteiger partial charge in [0.25, 0.3) is 0 Å². The normalized spacial score (nSPS) is 10.1. The molecule has 0 fully saturated rings. The van der Waals surface area contributed by atoms with E-state index in [0.29, 0.717) is 5.82 Å². The van der Waals surface area contributed by atoms with Gasteiger partial charge in [-0.2, -0.15) is 0 Å². The number of pyridine rings is 1. The first kappa shape index (κ1) is 8.62. The molecule has 0 atom stereocenters. The maximum absolute atomic E-state index is 11.0. The van der Waals surface area contributed by atoms with Crippen molar-refractivity contribution in [2.45, 2.75) is 6.92 Å². The molecule has 0 aliphatic carbocycles. The number of aromatic nitrogens is 3. The molecule has 2 aromatic heterocycles. The lowest BCUT2D eigenvalue weighted by Crippen LogP contribution is -2.02. The topological polar surface area (TPSA) is 58.6 Å². The molecule has 0 saturated carbocycles. The van der Waals surface area contributed by atoms with E-state index in [1.165, 1.54) is 6.07 Å². The third-order valence-corrected chi connectivity index (χ3v) is 1.85. The van der Waals surface area contributed by atoms with Crippen molar-refractivity contribution < 1.29 is 0 Å². The Bertz CT molecular complexity index is 504.